The summed E-state index contributed by atoms with van der Waals surface area (Å²) in [5, 5.41) is 0. The molecular weight excluding hydrogens is 805 g/mol. The summed E-state index contributed by atoms with van der Waals surface area (Å²) in [6.07, 6.45) is 69.8. The molecule has 6 nitrogen and oxygen atoms in total. The van der Waals surface area contributed by atoms with Gasteiger partial charge in [-0.05, 0) is 116 Å². The van der Waals surface area contributed by atoms with Crippen LogP contribution in [-0.4, -0.2) is 37.2 Å². The third kappa shape index (κ3) is 51.2. The second-order valence-corrected chi connectivity index (χ2v) is 17.4. The summed E-state index contributed by atoms with van der Waals surface area (Å²) in [5.41, 5.74) is 0. The molecular formula is C59H98O6. The van der Waals surface area contributed by atoms with Crippen LogP contribution in [0.15, 0.2) is 97.2 Å². The van der Waals surface area contributed by atoms with E-state index in [0.717, 1.165) is 109 Å². The van der Waals surface area contributed by atoms with Crippen LogP contribution in [0.3, 0.4) is 0 Å². The van der Waals surface area contributed by atoms with E-state index in [9.17, 15) is 14.4 Å². The van der Waals surface area contributed by atoms with Crippen LogP contribution in [0, 0.1) is 0 Å². The Hall–Kier alpha value is -3.67. The van der Waals surface area contributed by atoms with E-state index in [1.807, 2.05) is 0 Å². The Morgan fingerprint density at radius 2 is 0.600 bits per heavy atom. The summed E-state index contributed by atoms with van der Waals surface area (Å²) in [5.74, 6) is -0.980. The van der Waals surface area contributed by atoms with Crippen molar-refractivity contribution in [3.8, 4) is 0 Å². The van der Waals surface area contributed by atoms with Gasteiger partial charge in [0.1, 0.15) is 13.2 Å². The van der Waals surface area contributed by atoms with E-state index in [-0.39, 0.29) is 31.1 Å². The predicted molar refractivity (Wildman–Crippen MR) is 279 cm³/mol. The van der Waals surface area contributed by atoms with Crippen molar-refractivity contribution < 1.29 is 28.6 Å². The van der Waals surface area contributed by atoms with Crippen LogP contribution in [0.4, 0.5) is 0 Å². The maximum Gasteiger partial charge on any atom is 0.306 e. The molecule has 0 amide bonds. The molecule has 1 atom stereocenters. The Kier molecular flexibility index (Phi) is 50.0. The number of carbonyl (C=O) groups is 3. The number of allylic oxidation sites excluding steroid dienone is 16. The highest BCUT2D eigenvalue weighted by molar-refractivity contribution is 5.71. The zero-order chi connectivity index (χ0) is 47.2. The van der Waals surface area contributed by atoms with Crippen molar-refractivity contribution in [2.45, 2.75) is 245 Å². The van der Waals surface area contributed by atoms with Crippen LogP contribution in [0.1, 0.15) is 239 Å². The molecule has 370 valence electrons. The molecule has 0 radical (unpaired) electrons. The highest BCUT2D eigenvalue weighted by Crippen LogP contribution is 2.14. The van der Waals surface area contributed by atoms with E-state index in [4.69, 9.17) is 14.2 Å². The molecule has 0 aromatic heterocycles. The van der Waals surface area contributed by atoms with Gasteiger partial charge < -0.3 is 14.2 Å². The Balaban J connectivity index is 4.39. The molecule has 0 fully saturated rings. The van der Waals surface area contributed by atoms with E-state index in [1.165, 1.54) is 89.9 Å². The van der Waals surface area contributed by atoms with Gasteiger partial charge in [0, 0.05) is 19.3 Å². The largest absolute Gasteiger partial charge is 0.462 e. The van der Waals surface area contributed by atoms with Crippen LogP contribution in [-0.2, 0) is 28.6 Å². The molecule has 0 aliphatic heterocycles. The van der Waals surface area contributed by atoms with E-state index in [0.29, 0.717) is 19.3 Å². The topological polar surface area (TPSA) is 78.9 Å². The van der Waals surface area contributed by atoms with Crippen molar-refractivity contribution in [3.63, 3.8) is 0 Å². The lowest BCUT2D eigenvalue weighted by Crippen LogP contribution is -2.30. The first kappa shape index (κ1) is 61.3. The number of ether oxygens (including phenoxy) is 3. The lowest BCUT2D eigenvalue weighted by molar-refractivity contribution is -0.167. The van der Waals surface area contributed by atoms with Crippen LogP contribution < -0.4 is 0 Å². The molecule has 6 heteroatoms. The molecule has 0 heterocycles. The van der Waals surface area contributed by atoms with Crippen molar-refractivity contribution in [2.75, 3.05) is 13.2 Å². The molecule has 65 heavy (non-hydrogen) atoms. The monoisotopic (exact) mass is 903 g/mol. The normalized spacial score (nSPS) is 12.8. The first-order chi connectivity index (χ1) is 32.0. The zero-order valence-electron chi connectivity index (χ0n) is 42.2. The summed E-state index contributed by atoms with van der Waals surface area (Å²) in [6.45, 7) is 6.33. The molecule has 0 N–H and O–H groups in total. The summed E-state index contributed by atoms with van der Waals surface area (Å²) in [6, 6.07) is 0. The summed E-state index contributed by atoms with van der Waals surface area (Å²) in [7, 11) is 0. The van der Waals surface area contributed by atoms with Crippen LogP contribution in [0.5, 0.6) is 0 Å². The number of esters is 3. The van der Waals surface area contributed by atoms with Gasteiger partial charge in [-0.1, -0.05) is 201 Å². The Morgan fingerprint density at radius 3 is 1.00 bits per heavy atom. The van der Waals surface area contributed by atoms with Gasteiger partial charge in [0.2, 0.25) is 0 Å². The Morgan fingerprint density at radius 1 is 0.323 bits per heavy atom. The Labute approximate surface area is 400 Å². The molecule has 0 aliphatic carbocycles. The Bertz CT molecular complexity index is 1310. The van der Waals surface area contributed by atoms with Gasteiger partial charge >= 0.3 is 17.9 Å². The fraction of sp³-hybridized carbons (Fsp3) is 0.678. The minimum absolute atomic E-state index is 0.108. The van der Waals surface area contributed by atoms with Crippen molar-refractivity contribution >= 4 is 17.9 Å². The molecule has 0 spiro atoms. The summed E-state index contributed by atoms with van der Waals surface area (Å²) >= 11 is 0. The third-order valence-corrected chi connectivity index (χ3v) is 11.1. The highest BCUT2D eigenvalue weighted by atomic mass is 16.6. The summed E-state index contributed by atoms with van der Waals surface area (Å²) in [4.78, 5) is 37.9. The SMILES string of the molecule is CC/C=C\C/C=C\C/C=C\C/C=C\C/C=C\CCCCCC(=O)OCC(COC(=O)CCCC/C=C\C/C=C\CC)OC(=O)CCCCCCCCC/C=C\CCCCCCCCCC. The fourth-order valence-corrected chi connectivity index (χ4v) is 7.09. The van der Waals surface area contributed by atoms with Crippen molar-refractivity contribution in [2.24, 2.45) is 0 Å². The van der Waals surface area contributed by atoms with Crippen molar-refractivity contribution in [1.29, 1.82) is 0 Å². The van der Waals surface area contributed by atoms with Crippen molar-refractivity contribution in [3.05, 3.63) is 97.2 Å². The fourth-order valence-electron chi connectivity index (χ4n) is 7.09. The van der Waals surface area contributed by atoms with Gasteiger partial charge in [-0.3, -0.25) is 14.4 Å². The first-order valence-electron chi connectivity index (χ1n) is 26.7. The maximum absolute atomic E-state index is 12.8. The molecule has 0 saturated heterocycles. The average molecular weight is 903 g/mol. The first-order valence-corrected chi connectivity index (χ1v) is 26.7. The minimum Gasteiger partial charge on any atom is -0.462 e. The average Bonchev–Trinajstić information content (AvgIpc) is 3.30. The molecule has 0 aromatic carbocycles. The van der Waals surface area contributed by atoms with Crippen LogP contribution >= 0.6 is 0 Å². The van der Waals surface area contributed by atoms with Gasteiger partial charge in [-0.25, -0.2) is 0 Å². The maximum atomic E-state index is 12.8. The van der Waals surface area contributed by atoms with Crippen LogP contribution in [0.2, 0.25) is 0 Å². The molecule has 1 unspecified atom stereocenters. The second kappa shape index (κ2) is 52.9. The van der Waals surface area contributed by atoms with Crippen molar-refractivity contribution in [1.82, 2.24) is 0 Å². The number of hydrogen-bond donors (Lipinski definition) is 0. The number of carbonyl (C=O) groups excluding carboxylic acids is 3. The van der Waals surface area contributed by atoms with Gasteiger partial charge in [-0.15, -0.1) is 0 Å². The van der Waals surface area contributed by atoms with E-state index in [2.05, 4.69) is 118 Å². The number of hydrogen-bond acceptors (Lipinski definition) is 6. The van der Waals surface area contributed by atoms with Gasteiger partial charge in [-0.2, -0.15) is 0 Å². The van der Waals surface area contributed by atoms with E-state index in [1.54, 1.807) is 0 Å². The second-order valence-electron chi connectivity index (χ2n) is 17.4. The quantitative estimate of drug-likeness (QED) is 0.0262. The minimum atomic E-state index is -0.806. The molecule has 0 aromatic rings. The van der Waals surface area contributed by atoms with Gasteiger partial charge in [0.05, 0.1) is 0 Å². The standard InChI is InChI=1S/C59H98O6/c1-4-7-10-13-16-19-21-23-25-27-29-31-33-35-37-40-43-46-49-52-58(61)64-55-56(54-63-57(60)51-48-45-42-39-18-15-12-9-6-3)65-59(62)53-50-47-44-41-38-36-34-32-30-28-26-24-22-20-17-14-11-8-5-2/h7,9-10,12,16,18-19,23,25,28-31,35,37,39,56H,4-6,8,11,13-15,17,20-22,24,26-27,32-34,36,38,40-55H2,1-3H3/b10-7-,12-9-,19-16-,25-23-,30-28-,31-29-,37-35-,39-18-. The molecule has 0 saturated carbocycles. The molecule has 0 aliphatic rings. The smallest absolute Gasteiger partial charge is 0.306 e. The highest BCUT2D eigenvalue weighted by Gasteiger charge is 2.19. The predicted octanol–water partition coefficient (Wildman–Crippen LogP) is 17.8. The van der Waals surface area contributed by atoms with E-state index >= 15 is 0 Å². The third-order valence-electron chi connectivity index (χ3n) is 11.1. The van der Waals surface area contributed by atoms with Gasteiger partial charge in [0.25, 0.3) is 0 Å². The van der Waals surface area contributed by atoms with E-state index < -0.39 is 6.10 Å². The molecule has 0 rings (SSSR count). The number of rotatable bonds is 47. The summed E-state index contributed by atoms with van der Waals surface area (Å²) < 4.78 is 16.7. The lowest BCUT2D eigenvalue weighted by Gasteiger charge is -2.18. The van der Waals surface area contributed by atoms with Crippen LogP contribution in [0.25, 0.3) is 0 Å². The van der Waals surface area contributed by atoms with Gasteiger partial charge in [0.15, 0.2) is 6.10 Å². The number of unbranched alkanes of at least 4 members (excludes halogenated alkanes) is 20. The zero-order valence-corrected chi connectivity index (χ0v) is 42.2. The molecule has 0 bridgehead atoms. The lowest BCUT2D eigenvalue weighted by atomic mass is 10.1.